The molecule has 28 heavy (non-hydrogen) atoms. The van der Waals surface area contributed by atoms with Crippen LogP contribution in [-0.4, -0.2) is 34.8 Å². The highest BCUT2D eigenvalue weighted by Crippen LogP contribution is 2.44. The molecule has 1 saturated heterocycles. The summed E-state index contributed by atoms with van der Waals surface area (Å²) in [6.45, 7) is 0. The van der Waals surface area contributed by atoms with Gasteiger partial charge in [-0.05, 0) is 48.6 Å². The van der Waals surface area contributed by atoms with Crippen molar-refractivity contribution < 1.29 is 19.4 Å². The van der Waals surface area contributed by atoms with Gasteiger partial charge in [0.25, 0.3) is 11.7 Å². The Morgan fingerprint density at radius 2 is 1.82 bits per heavy atom. The molecule has 1 N–H and O–H groups in total. The molecule has 1 atom stereocenters. The van der Waals surface area contributed by atoms with Crippen molar-refractivity contribution in [2.24, 2.45) is 0 Å². The maximum Gasteiger partial charge on any atom is 0.295 e. The molecule has 1 aromatic heterocycles. The van der Waals surface area contributed by atoms with Gasteiger partial charge in [0.15, 0.2) is 0 Å². The van der Waals surface area contributed by atoms with Crippen molar-refractivity contribution in [1.82, 2.24) is 4.90 Å². The molecule has 1 aliphatic heterocycles. The van der Waals surface area contributed by atoms with E-state index in [1.165, 1.54) is 11.3 Å². The summed E-state index contributed by atoms with van der Waals surface area (Å²) >= 11 is 1.50. The number of carbonyl (C=O) groups excluding carboxylic acids is 2. The van der Waals surface area contributed by atoms with E-state index in [-0.39, 0.29) is 17.4 Å². The lowest BCUT2D eigenvalue weighted by molar-refractivity contribution is -0.141. The van der Waals surface area contributed by atoms with Crippen LogP contribution in [0.2, 0.25) is 0 Å². The minimum atomic E-state index is -0.600. The number of ether oxygens (including phenoxy) is 1. The number of likely N-dealkylation sites (tertiary alicyclic amines) is 1. The summed E-state index contributed by atoms with van der Waals surface area (Å²) in [6.07, 6.45) is 5.08. The molecule has 2 fully saturated rings. The number of aliphatic hydroxyl groups excluding tert-OH is 1. The van der Waals surface area contributed by atoms with Gasteiger partial charge in [0.1, 0.15) is 11.5 Å². The summed E-state index contributed by atoms with van der Waals surface area (Å²) in [6, 6.07) is 10.2. The van der Waals surface area contributed by atoms with Crippen LogP contribution in [-0.2, 0) is 9.59 Å². The van der Waals surface area contributed by atoms with Gasteiger partial charge in [-0.3, -0.25) is 9.59 Å². The van der Waals surface area contributed by atoms with Crippen molar-refractivity contribution in [1.29, 1.82) is 0 Å². The van der Waals surface area contributed by atoms with Crippen LogP contribution in [0.25, 0.3) is 5.76 Å². The van der Waals surface area contributed by atoms with Gasteiger partial charge in [-0.25, -0.2) is 0 Å². The van der Waals surface area contributed by atoms with E-state index in [9.17, 15) is 14.7 Å². The van der Waals surface area contributed by atoms with Gasteiger partial charge in [0, 0.05) is 16.5 Å². The Labute approximate surface area is 168 Å². The predicted octanol–water partition coefficient (Wildman–Crippen LogP) is 4.51. The third kappa shape index (κ3) is 3.22. The van der Waals surface area contributed by atoms with Crippen LogP contribution in [0, 0.1) is 0 Å². The lowest BCUT2D eigenvalue weighted by atomic mass is 9.93. The van der Waals surface area contributed by atoms with Crippen LogP contribution in [0.5, 0.6) is 5.75 Å². The van der Waals surface area contributed by atoms with Crippen molar-refractivity contribution >= 4 is 28.8 Å². The summed E-state index contributed by atoms with van der Waals surface area (Å²) in [4.78, 5) is 28.6. The Bertz CT molecular complexity index is 895. The molecule has 4 rings (SSSR count). The fourth-order valence-electron chi connectivity index (χ4n) is 4.22. The smallest absolute Gasteiger partial charge is 0.295 e. The molecule has 2 heterocycles. The summed E-state index contributed by atoms with van der Waals surface area (Å²) in [5, 5.41) is 12.9. The molecule has 5 nitrogen and oxygen atoms in total. The maximum absolute atomic E-state index is 13.0. The van der Waals surface area contributed by atoms with E-state index in [4.69, 9.17) is 4.74 Å². The Morgan fingerprint density at radius 3 is 2.43 bits per heavy atom. The highest BCUT2D eigenvalue weighted by molar-refractivity contribution is 7.10. The molecule has 0 bridgehead atoms. The SMILES string of the molecule is COc1ccc(/C(O)=C2/C(=O)C(=O)N(C3CCCCC3)C2c2cccs2)cc1. The van der Waals surface area contributed by atoms with E-state index in [1.807, 2.05) is 17.5 Å². The van der Waals surface area contributed by atoms with Gasteiger partial charge in [-0.1, -0.05) is 25.3 Å². The fraction of sp³-hybridized carbons (Fsp3) is 0.364. The van der Waals surface area contributed by atoms with Gasteiger partial charge in [-0.15, -0.1) is 11.3 Å². The number of hydrogen-bond acceptors (Lipinski definition) is 5. The van der Waals surface area contributed by atoms with Crippen molar-refractivity contribution in [2.75, 3.05) is 7.11 Å². The molecular formula is C22H23NO4S. The molecule has 0 spiro atoms. The minimum absolute atomic E-state index is 0.0402. The number of methoxy groups -OCH3 is 1. The van der Waals surface area contributed by atoms with Gasteiger partial charge in [-0.2, -0.15) is 0 Å². The predicted molar refractivity (Wildman–Crippen MR) is 108 cm³/mol. The number of thiophene rings is 1. The minimum Gasteiger partial charge on any atom is -0.507 e. The zero-order valence-corrected chi connectivity index (χ0v) is 16.6. The van der Waals surface area contributed by atoms with Crippen LogP contribution in [0.1, 0.15) is 48.6 Å². The van der Waals surface area contributed by atoms with E-state index < -0.39 is 17.7 Å². The molecule has 1 aromatic carbocycles. The second-order valence-electron chi connectivity index (χ2n) is 7.24. The number of ketones is 1. The van der Waals surface area contributed by atoms with Crippen molar-refractivity contribution in [3.8, 4) is 5.75 Å². The molecule has 1 amide bonds. The second-order valence-corrected chi connectivity index (χ2v) is 8.22. The highest BCUT2D eigenvalue weighted by atomic mass is 32.1. The molecule has 2 aliphatic rings. The molecule has 1 unspecified atom stereocenters. The van der Waals surface area contributed by atoms with Gasteiger partial charge in [0.2, 0.25) is 0 Å². The van der Waals surface area contributed by atoms with Gasteiger partial charge in [0.05, 0.1) is 18.7 Å². The first-order valence-electron chi connectivity index (χ1n) is 9.59. The Morgan fingerprint density at radius 1 is 1.11 bits per heavy atom. The van der Waals surface area contributed by atoms with Crippen LogP contribution in [0.15, 0.2) is 47.4 Å². The van der Waals surface area contributed by atoms with Gasteiger partial charge >= 0.3 is 0 Å². The maximum atomic E-state index is 13.0. The third-order valence-electron chi connectivity index (χ3n) is 5.62. The average Bonchev–Trinajstić information content (AvgIpc) is 3.35. The number of rotatable bonds is 4. The topological polar surface area (TPSA) is 66.8 Å². The monoisotopic (exact) mass is 397 g/mol. The quantitative estimate of drug-likeness (QED) is 0.468. The van der Waals surface area contributed by atoms with E-state index >= 15 is 0 Å². The van der Waals surface area contributed by atoms with Gasteiger partial charge < -0.3 is 14.7 Å². The molecular weight excluding hydrogens is 374 g/mol. The standard InChI is InChI=1S/C22H23NO4S/c1-27-16-11-9-14(10-12-16)20(24)18-19(17-8-5-13-28-17)23(22(26)21(18)25)15-6-3-2-4-7-15/h5,8-13,15,19,24H,2-4,6-7H2,1H3/b20-18-. The number of benzene rings is 1. The zero-order chi connectivity index (χ0) is 19.7. The number of Topliss-reactive ketones (excluding diaryl/α,β-unsaturated/α-hetero) is 1. The second kappa shape index (κ2) is 7.80. The molecule has 0 radical (unpaired) electrons. The lowest BCUT2D eigenvalue weighted by Crippen LogP contribution is -2.40. The van der Waals surface area contributed by atoms with Crippen LogP contribution >= 0.6 is 11.3 Å². The first kappa shape index (κ1) is 18.7. The fourth-order valence-corrected chi connectivity index (χ4v) is 5.05. The van der Waals surface area contributed by atoms with Crippen molar-refractivity contribution in [2.45, 2.75) is 44.2 Å². The van der Waals surface area contributed by atoms with Crippen molar-refractivity contribution in [3.05, 3.63) is 57.8 Å². The summed E-state index contributed by atoms with van der Waals surface area (Å²) in [7, 11) is 1.57. The highest BCUT2D eigenvalue weighted by Gasteiger charge is 2.49. The summed E-state index contributed by atoms with van der Waals surface area (Å²) in [5.41, 5.74) is 0.687. The van der Waals surface area contributed by atoms with E-state index in [1.54, 1.807) is 36.3 Å². The average molecular weight is 397 g/mol. The van der Waals surface area contributed by atoms with Crippen LogP contribution in [0.4, 0.5) is 0 Å². The number of hydrogen-bond donors (Lipinski definition) is 1. The summed E-state index contributed by atoms with van der Waals surface area (Å²) < 4.78 is 5.16. The Kier molecular flexibility index (Phi) is 5.22. The molecule has 6 heteroatoms. The zero-order valence-electron chi connectivity index (χ0n) is 15.8. The van der Waals surface area contributed by atoms with Crippen molar-refractivity contribution in [3.63, 3.8) is 0 Å². The number of aliphatic hydroxyl groups is 1. The Balaban J connectivity index is 1.81. The van der Waals surface area contributed by atoms with E-state index in [0.717, 1.165) is 37.0 Å². The normalized spacial score (nSPS) is 22.6. The molecule has 1 aliphatic carbocycles. The first-order valence-corrected chi connectivity index (χ1v) is 10.5. The lowest BCUT2D eigenvalue weighted by Gasteiger charge is -2.34. The number of nitrogens with zero attached hydrogens (tertiary/aromatic N) is 1. The summed E-state index contributed by atoms with van der Waals surface area (Å²) in [5.74, 6) is -0.565. The molecule has 2 aromatic rings. The number of amides is 1. The van der Waals surface area contributed by atoms with Crippen LogP contribution in [0.3, 0.4) is 0 Å². The third-order valence-corrected chi connectivity index (χ3v) is 6.55. The molecule has 146 valence electrons. The van der Waals surface area contributed by atoms with E-state index in [0.29, 0.717) is 11.3 Å². The Hall–Kier alpha value is -2.60. The number of carbonyl (C=O) groups is 2. The molecule has 1 saturated carbocycles. The first-order chi connectivity index (χ1) is 13.6. The largest absolute Gasteiger partial charge is 0.507 e. The van der Waals surface area contributed by atoms with Crippen LogP contribution < -0.4 is 4.74 Å². The van der Waals surface area contributed by atoms with E-state index in [2.05, 4.69) is 0 Å².